The van der Waals surface area contributed by atoms with Crippen LogP contribution < -0.4 is 20.1 Å². The molecule has 0 radical (unpaired) electrons. The monoisotopic (exact) mass is 446 g/mol. The molecule has 0 unspecified atom stereocenters. The predicted molar refractivity (Wildman–Crippen MR) is 113 cm³/mol. The van der Waals surface area contributed by atoms with E-state index in [9.17, 15) is 18.4 Å². The number of carbonyl (C=O) groups excluding carboxylic acids is 2. The van der Waals surface area contributed by atoms with Crippen molar-refractivity contribution < 1.29 is 27.8 Å². The number of hydrogen-bond donors (Lipinski definition) is 2. The fourth-order valence-electron chi connectivity index (χ4n) is 2.59. The first-order valence-electron chi connectivity index (χ1n) is 8.98. The molecular formula is C22H17ClF2N2O4. The van der Waals surface area contributed by atoms with E-state index in [1.54, 1.807) is 0 Å². The van der Waals surface area contributed by atoms with E-state index in [0.717, 1.165) is 6.07 Å². The fraction of sp³-hybridized carbons (Fsp3) is 0.0909. The minimum atomic E-state index is -0.628. The highest BCUT2D eigenvalue weighted by molar-refractivity contribution is 6.31. The van der Waals surface area contributed by atoms with Gasteiger partial charge in [0.25, 0.3) is 11.8 Å². The van der Waals surface area contributed by atoms with E-state index in [2.05, 4.69) is 10.6 Å². The van der Waals surface area contributed by atoms with Crippen LogP contribution in [0.3, 0.4) is 0 Å². The lowest BCUT2D eigenvalue weighted by atomic mass is 10.1. The van der Waals surface area contributed by atoms with Crippen molar-refractivity contribution in [1.82, 2.24) is 0 Å². The topological polar surface area (TPSA) is 76.7 Å². The van der Waals surface area contributed by atoms with Crippen molar-refractivity contribution in [3.63, 3.8) is 0 Å². The number of amides is 2. The highest BCUT2D eigenvalue weighted by atomic mass is 35.5. The molecule has 0 aromatic heterocycles. The van der Waals surface area contributed by atoms with Gasteiger partial charge in [0.1, 0.15) is 11.6 Å². The molecule has 3 aromatic carbocycles. The predicted octanol–water partition coefficient (Wildman–Crippen LogP) is 4.90. The number of hydrogen-bond acceptors (Lipinski definition) is 4. The molecule has 0 saturated heterocycles. The van der Waals surface area contributed by atoms with Crippen LogP contribution in [0.2, 0.25) is 5.02 Å². The van der Waals surface area contributed by atoms with Crippen molar-refractivity contribution in [3.05, 3.63) is 82.9 Å². The molecule has 0 aliphatic heterocycles. The van der Waals surface area contributed by atoms with E-state index in [1.165, 1.54) is 61.7 Å². The third-order valence-corrected chi connectivity index (χ3v) is 4.32. The van der Waals surface area contributed by atoms with Gasteiger partial charge in [-0.25, -0.2) is 8.78 Å². The second kappa shape index (κ2) is 9.90. The molecular weight excluding hydrogens is 430 g/mol. The molecule has 0 bridgehead atoms. The first kappa shape index (κ1) is 22.0. The molecule has 160 valence electrons. The number of ether oxygens (including phenoxy) is 2. The number of methoxy groups -OCH3 is 1. The van der Waals surface area contributed by atoms with Gasteiger partial charge in [-0.1, -0.05) is 11.6 Å². The van der Waals surface area contributed by atoms with E-state index in [1.807, 2.05) is 0 Å². The number of halogens is 3. The molecule has 0 saturated carbocycles. The summed E-state index contributed by atoms with van der Waals surface area (Å²) >= 11 is 5.83. The van der Waals surface area contributed by atoms with Crippen molar-refractivity contribution in [1.29, 1.82) is 0 Å². The molecule has 0 fully saturated rings. The molecule has 0 spiro atoms. The van der Waals surface area contributed by atoms with Crippen molar-refractivity contribution in [3.8, 4) is 11.5 Å². The third-order valence-electron chi connectivity index (χ3n) is 4.09. The summed E-state index contributed by atoms with van der Waals surface area (Å²) in [4.78, 5) is 24.5. The van der Waals surface area contributed by atoms with Crippen molar-refractivity contribution in [2.24, 2.45) is 0 Å². The normalized spacial score (nSPS) is 10.3. The smallest absolute Gasteiger partial charge is 0.262 e. The summed E-state index contributed by atoms with van der Waals surface area (Å²) in [6, 6.07) is 13.4. The number of anilines is 2. The van der Waals surface area contributed by atoms with Crippen LogP contribution in [0, 0.1) is 11.6 Å². The maximum absolute atomic E-state index is 13.8. The van der Waals surface area contributed by atoms with Crippen LogP contribution in [-0.2, 0) is 4.79 Å². The van der Waals surface area contributed by atoms with Crippen LogP contribution in [0.1, 0.15) is 10.4 Å². The van der Waals surface area contributed by atoms with Gasteiger partial charge in [0.15, 0.2) is 18.1 Å². The van der Waals surface area contributed by atoms with Crippen LogP contribution in [0.4, 0.5) is 20.2 Å². The van der Waals surface area contributed by atoms with Gasteiger partial charge in [-0.05, 0) is 60.7 Å². The Morgan fingerprint density at radius 1 is 0.935 bits per heavy atom. The zero-order valence-electron chi connectivity index (χ0n) is 16.2. The Balaban J connectivity index is 1.65. The standard InChI is InChI=1S/C22H17ClF2N2O4/c1-30-20-10-13(22(29)27-18-11-14(23)3-8-17(18)25)2-9-19(20)31-12-21(28)26-16-6-4-15(24)5-7-16/h2-11H,12H2,1H3,(H,26,28)(H,27,29). The Bertz CT molecular complexity index is 1110. The Morgan fingerprint density at radius 2 is 1.68 bits per heavy atom. The van der Waals surface area contributed by atoms with E-state index in [0.29, 0.717) is 5.69 Å². The lowest BCUT2D eigenvalue weighted by Crippen LogP contribution is -2.20. The quantitative estimate of drug-likeness (QED) is 0.541. The molecule has 0 atom stereocenters. The minimum Gasteiger partial charge on any atom is -0.493 e. The van der Waals surface area contributed by atoms with Crippen molar-refractivity contribution >= 4 is 34.8 Å². The molecule has 0 aliphatic carbocycles. The number of nitrogens with one attached hydrogen (secondary N) is 2. The van der Waals surface area contributed by atoms with Gasteiger partial charge in [0.05, 0.1) is 12.8 Å². The summed E-state index contributed by atoms with van der Waals surface area (Å²) in [6.45, 7) is -0.340. The van der Waals surface area contributed by atoms with Gasteiger partial charge in [-0.15, -0.1) is 0 Å². The summed E-state index contributed by atoms with van der Waals surface area (Å²) in [5.74, 6) is -1.67. The molecule has 3 rings (SSSR count). The Morgan fingerprint density at radius 3 is 2.39 bits per heavy atom. The highest BCUT2D eigenvalue weighted by Gasteiger charge is 2.14. The fourth-order valence-corrected chi connectivity index (χ4v) is 2.76. The van der Waals surface area contributed by atoms with Gasteiger partial charge in [-0.2, -0.15) is 0 Å². The minimum absolute atomic E-state index is 0.0609. The summed E-state index contributed by atoms with van der Waals surface area (Å²) in [5.41, 5.74) is 0.538. The molecule has 9 heteroatoms. The van der Waals surface area contributed by atoms with E-state index >= 15 is 0 Å². The van der Waals surface area contributed by atoms with Gasteiger partial charge in [-0.3, -0.25) is 9.59 Å². The lowest BCUT2D eigenvalue weighted by Gasteiger charge is -2.13. The second-order valence-corrected chi connectivity index (χ2v) is 6.72. The average Bonchev–Trinajstić information content (AvgIpc) is 2.76. The van der Waals surface area contributed by atoms with E-state index < -0.39 is 23.4 Å². The van der Waals surface area contributed by atoms with Crippen LogP contribution in [-0.4, -0.2) is 25.5 Å². The third kappa shape index (κ3) is 5.93. The van der Waals surface area contributed by atoms with Crippen molar-refractivity contribution in [2.75, 3.05) is 24.4 Å². The molecule has 3 aromatic rings. The molecule has 0 heterocycles. The lowest BCUT2D eigenvalue weighted by molar-refractivity contribution is -0.118. The maximum atomic E-state index is 13.8. The molecule has 2 amide bonds. The average molecular weight is 447 g/mol. The van der Waals surface area contributed by atoms with E-state index in [4.69, 9.17) is 21.1 Å². The highest BCUT2D eigenvalue weighted by Crippen LogP contribution is 2.29. The second-order valence-electron chi connectivity index (χ2n) is 6.29. The SMILES string of the molecule is COc1cc(C(=O)Nc2cc(Cl)ccc2F)ccc1OCC(=O)Nc1ccc(F)cc1. The summed E-state index contributed by atoms with van der Waals surface area (Å²) in [6.07, 6.45) is 0. The Kier molecular flexibility index (Phi) is 7.04. The van der Waals surface area contributed by atoms with Crippen molar-refractivity contribution in [2.45, 2.75) is 0 Å². The first-order valence-corrected chi connectivity index (χ1v) is 9.36. The van der Waals surface area contributed by atoms with Gasteiger partial charge < -0.3 is 20.1 Å². The van der Waals surface area contributed by atoms with Crippen LogP contribution in [0.25, 0.3) is 0 Å². The Hall–Kier alpha value is -3.65. The van der Waals surface area contributed by atoms with Gasteiger partial charge >= 0.3 is 0 Å². The molecule has 0 aliphatic rings. The summed E-state index contributed by atoms with van der Waals surface area (Å²) in [5, 5.41) is 5.27. The zero-order chi connectivity index (χ0) is 22.4. The molecule has 2 N–H and O–H groups in total. The molecule has 6 nitrogen and oxygen atoms in total. The van der Waals surface area contributed by atoms with Crippen LogP contribution >= 0.6 is 11.6 Å². The number of rotatable bonds is 7. The summed E-state index contributed by atoms with van der Waals surface area (Å²) in [7, 11) is 1.37. The summed E-state index contributed by atoms with van der Waals surface area (Å²) < 4.78 is 37.4. The first-order chi connectivity index (χ1) is 14.9. The van der Waals surface area contributed by atoms with Crippen LogP contribution in [0.5, 0.6) is 11.5 Å². The van der Waals surface area contributed by atoms with Gasteiger partial charge in [0.2, 0.25) is 0 Å². The number of carbonyl (C=O) groups is 2. The molecule has 31 heavy (non-hydrogen) atoms. The zero-order valence-corrected chi connectivity index (χ0v) is 17.0. The Labute approximate surface area is 181 Å². The van der Waals surface area contributed by atoms with Gasteiger partial charge in [0, 0.05) is 16.3 Å². The maximum Gasteiger partial charge on any atom is 0.262 e. The van der Waals surface area contributed by atoms with Crippen LogP contribution in [0.15, 0.2) is 60.7 Å². The largest absolute Gasteiger partial charge is 0.493 e. The van der Waals surface area contributed by atoms with E-state index in [-0.39, 0.29) is 34.4 Å². The number of benzene rings is 3.